The Hall–Kier alpha value is -3.21. The molecule has 1 heterocycles. The third-order valence-electron chi connectivity index (χ3n) is 4.98. The smallest absolute Gasteiger partial charge is 0.332 e. The summed E-state index contributed by atoms with van der Waals surface area (Å²) < 4.78 is 7.60. The van der Waals surface area contributed by atoms with E-state index in [1.807, 2.05) is 6.92 Å². The van der Waals surface area contributed by atoms with Gasteiger partial charge >= 0.3 is 11.7 Å². The molecule has 33 heavy (non-hydrogen) atoms. The third kappa shape index (κ3) is 5.78. The number of ketones is 1. The van der Waals surface area contributed by atoms with Crippen molar-refractivity contribution in [3.63, 3.8) is 0 Å². The number of carbonyl (C=O) groups excluding carboxylic acids is 3. The first-order valence-electron chi connectivity index (χ1n) is 10.4. The number of aromatic nitrogens is 2. The first kappa shape index (κ1) is 26.0. The van der Waals surface area contributed by atoms with Crippen LogP contribution in [0.3, 0.4) is 0 Å². The number of amides is 1. The van der Waals surface area contributed by atoms with Gasteiger partial charge in [-0.1, -0.05) is 32.9 Å². The normalized spacial score (nSPS) is 11.8. The molecule has 1 atom stereocenters. The van der Waals surface area contributed by atoms with Gasteiger partial charge in [-0.3, -0.25) is 23.5 Å². The largest absolute Gasteiger partial charge is 0.456 e. The van der Waals surface area contributed by atoms with E-state index in [-0.39, 0.29) is 18.3 Å². The number of anilines is 1. The average Bonchev–Trinajstić information content (AvgIpc) is 2.77. The highest BCUT2D eigenvalue weighted by atomic mass is 79.9. The molecule has 0 aliphatic heterocycles. The predicted octanol–water partition coefficient (Wildman–Crippen LogP) is 1.48. The van der Waals surface area contributed by atoms with E-state index in [1.165, 1.54) is 7.05 Å². The molecule has 0 unspecified atom stereocenters. The first-order valence-corrected chi connectivity index (χ1v) is 11.1. The maximum atomic E-state index is 12.7. The summed E-state index contributed by atoms with van der Waals surface area (Å²) in [6.07, 6.45) is 0.554. The van der Waals surface area contributed by atoms with Gasteiger partial charge in [0.25, 0.3) is 11.5 Å². The SMILES string of the molecule is CCCn1c(N)c(C(=O)COC(=O)[C@@H](NC(=O)c2ccccc2Br)C(C)C)c(=O)n(C)c1=O. The van der Waals surface area contributed by atoms with Crippen molar-refractivity contribution in [2.45, 2.75) is 39.8 Å². The van der Waals surface area contributed by atoms with E-state index < -0.39 is 47.1 Å². The van der Waals surface area contributed by atoms with E-state index in [0.717, 1.165) is 9.13 Å². The number of rotatable bonds is 9. The van der Waals surface area contributed by atoms with Crippen LogP contribution in [-0.4, -0.2) is 39.4 Å². The summed E-state index contributed by atoms with van der Waals surface area (Å²) in [7, 11) is 1.24. The molecule has 0 radical (unpaired) electrons. The topological polar surface area (TPSA) is 142 Å². The van der Waals surface area contributed by atoms with Gasteiger partial charge in [-0.15, -0.1) is 0 Å². The van der Waals surface area contributed by atoms with Gasteiger partial charge in [-0.25, -0.2) is 9.59 Å². The van der Waals surface area contributed by atoms with Gasteiger partial charge in [-0.2, -0.15) is 0 Å². The van der Waals surface area contributed by atoms with Gasteiger partial charge in [-0.05, 0) is 40.4 Å². The predicted molar refractivity (Wildman–Crippen MR) is 126 cm³/mol. The zero-order valence-electron chi connectivity index (χ0n) is 18.9. The highest BCUT2D eigenvalue weighted by molar-refractivity contribution is 9.10. The Kier molecular flexibility index (Phi) is 8.75. The van der Waals surface area contributed by atoms with Gasteiger partial charge in [0.05, 0.1) is 5.56 Å². The van der Waals surface area contributed by atoms with Crippen molar-refractivity contribution in [2.24, 2.45) is 13.0 Å². The van der Waals surface area contributed by atoms with Crippen LogP contribution in [0.1, 0.15) is 47.9 Å². The number of carbonyl (C=O) groups is 3. The van der Waals surface area contributed by atoms with E-state index >= 15 is 0 Å². The van der Waals surface area contributed by atoms with Crippen LogP contribution in [-0.2, 0) is 23.1 Å². The number of nitrogen functional groups attached to an aromatic ring is 1. The van der Waals surface area contributed by atoms with Crippen molar-refractivity contribution in [3.8, 4) is 0 Å². The number of ether oxygens (including phenoxy) is 1. The Morgan fingerprint density at radius 1 is 1.18 bits per heavy atom. The number of nitrogens with two attached hydrogens (primary N) is 1. The summed E-state index contributed by atoms with van der Waals surface area (Å²) in [5.41, 5.74) is 4.34. The minimum atomic E-state index is -1.04. The molecule has 0 aliphatic carbocycles. The molecule has 2 rings (SSSR count). The standard InChI is InChI=1S/C22H27BrN4O6/c1-5-10-27-18(24)16(20(30)26(4)22(27)32)15(28)11-33-21(31)17(12(2)3)25-19(29)13-8-6-7-9-14(13)23/h6-9,12,17H,5,10-11,24H2,1-4H3,(H,25,29)/t17-/m0/s1. The van der Waals surface area contributed by atoms with Crippen LogP contribution in [0.5, 0.6) is 0 Å². The lowest BCUT2D eigenvalue weighted by atomic mass is 10.0. The fourth-order valence-corrected chi connectivity index (χ4v) is 3.61. The molecule has 0 saturated heterocycles. The fraction of sp³-hybridized carbons (Fsp3) is 0.409. The van der Waals surface area contributed by atoms with E-state index in [1.54, 1.807) is 38.1 Å². The highest BCUT2D eigenvalue weighted by Crippen LogP contribution is 2.17. The Morgan fingerprint density at radius 3 is 2.39 bits per heavy atom. The minimum absolute atomic E-state index is 0.218. The van der Waals surface area contributed by atoms with Gasteiger partial charge in [0.1, 0.15) is 17.4 Å². The summed E-state index contributed by atoms with van der Waals surface area (Å²) in [5, 5.41) is 2.61. The molecule has 3 N–H and O–H groups in total. The summed E-state index contributed by atoms with van der Waals surface area (Å²) in [4.78, 5) is 62.7. The van der Waals surface area contributed by atoms with Crippen LogP contribution in [0.15, 0.2) is 38.3 Å². The van der Waals surface area contributed by atoms with Gasteiger partial charge < -0.3 is 15.8 Å². The maximum absolute atomic E-state index is 12.7. The lowest BCUT2D eigenvalue weighted by Gasteiger charge is -2.21. The van der Waals surface area contributed by atoms with Crippen molar-refractivity contribution >= 4 is 39.4 Å². The number of nitrogens with zero attached hydrogens (tertiary/aromatic N) is 2. The third-order valence-corrected chi connectivity index (χ3v) is 5.67. The molecule has 1 aromatic carbocycles. The molecule has 0 bridgehead atoms. The fourth-order valence-electron chi connectivity index (χ4n) is 3.15. The Labute approximate surface area is 198 Å². The lowest BCUT2D eigenvalue weighted by molar-refractivity contribution is -0.145. The highest BCUT2D eigenvalue weighted by Gasteiger charge is 2.29. The molecule has 10 nitrogen and oxygen atoms in total. The number of halogens is 1. The summed E-state index contributed by atoms with van der Waals surface area (Å²) >= 11 is 3.29. The monoisotopic (exact) mass is 522 g/mol. The number of hydrogen-bond acceptors (Lipinski definition) is 7. The lowest BCUT2D eigenvalue weighted by Crippen LogP contribution is -2.46. The minimum Gasteiger partial charge on any atom is -0.456 e. The molecule has 178 valence electrons. The molecular weight excluding hydrogens is 496 g/mol. The number of Topliss-reactive ketones (excluding diaryl/α,β-unsaturated/α-hetero) is 1. The molecule has 2 aromatic rings. The van der Waals surface area contributed by atoms with E-state index in [4.69, 9.17) is 10.5 Å². The Morgan fingerprint density at radius 2 is 1.82 bits per heavy atom. The summed E-state index contributed by atoms with van der Waals surface area (Å²) in [6.45, 7) is 4.69. The zero-order chi connectivity index (χ0) is 24.9. The summed E-state index contributed by atoms with van der Waals surface area (Å²) in [6, 6.07) is 5.69. The first-order chi connectivity index (χ1) is 15.5. The molecular formula is C22H27BrN4O6. The Balaban J connectivity index is 2.21. The molecule has 0 saturated carbocycles. The number of esters is 1. The second kappa shape index (κ2) is 11.1. The van der Waals surface area contributed by atoms with Crippen molar-refractivity contribution in [1.82, 2.24) is 14.5 Å². The van der Waals surface area contributed by atoms with Crippen LogP contribution < -0.4 is 22.3 Å². The van der Waals surface area contributed by atoms with Crippen LogP contribution in [0.4, 0.5) is 5.82 Å². The maximum Gasteiger partial charge on any atom is 0.332 e. The van der Waals surface area contributed by atoms with E-state index in [9.17, 15) is 24.0 Å². The van der Waals surface area contributed by atoms with E-state index in [2.05, 4.69) is 21.2 Å². The zero-order valence-corrected chi connectivity index (χ0v) is 20.5. The summed E-state index contributed by atoms with van der Waals surface area (Å²) in [5.74, 6) is -2.78. The average molecular weight is 523 g/mol. The van der Waals surface area contributed by atoms with Gasteiger partial charge in [0, 0.05) is 18.1 Å². The second-order valence-electron chi connectivity index (χ2n) is 7.76. The van der Waals surface area contributed by atoms with Crippen LogP contribution in [0.2, 0.25) is 0 Å². The van der Waals surface area contributed by atoms with Gasteiger partial charge in [0.15, 0.2) is 6.61 Å². The van der Waals surface area contributed by atoms with Crippen LogP contribution in [0, 0.1) is 5.92 Å². The van der Waals surface area contributed by atoms with E-state index in [0.29, 0.717) is 16.5 Å². The van der Waals surface area contributed by atoms with Crippen molar-refractivity contribution in [3.05, 3.63) is 60.7 Å². The number of hydrogen-bond donors (Lipinski definition) is 2. The molecule has 0 aliphatic rings. The van der Waals surface area contributed by atoms with Gasteiger partial charge in [0.2, 0.25) is 5.78 Å². The molecule has 11 heteroatoms. The van der Waals surface area contributed by atoms with Crippen LogP contribution in [0.25, 0.3) is 0 Å². The number of nitrogens with one attached hydrogen (secondary N) is 1. The molecule has 0 fully saturated rings. The Bertz CT molecular complexity index is 1180. The van der Waals surface area contributed by atoms with Crippen molar-refractivity contribution in [1.29, 1.82) is 0 Å². The second-order valence-corrected chi connectivity index (χ2v) is 8.62. The van der Waals surface area contributed by atoms with Crippen LogP contribution >= 0.6 is 15.9 Å². The molecule has 0 spiro atoms. The number of benzene rings is 1. The quantitative estimate of drug-likeness (QED) is 0.375. The van der Waals surface area contributed by atoms with Crippen molar-refractivity contribution < 1.29 is 19.1 Å². The molecule has 1 amide bonds. The van der Waals surface area contributed by atoms with Crippen molar-refractivity contribution in [2.75, 3.05) is 12.3 Å². The molecule has 1 aromatic heterocycles.